The van der Waals surface area contributed by atoms with Gasteiger partial charge in [-0.1, -0.05) is 73.7 Å². The summed E-state index contributed by atoms with van der Waals surface area (Å²) in [4.78, 5) is 2.15. The number of hydrogen-bond acceptors (Lipinski definition) is 1. The van der Waals surface area contributed by atoms with Crippen LogP contribution in [0, 0.1) is 0 Å². The van der Waals surface area contributed by atoms with Gasteiger partial charge in [-0.05, 0) is 41.6 Å². The zero-order chi connectivity index (χ0) is 17.6. The van der Waals surface area contributed by atoms with E-state index in [0.717, 1.165) is 0 Å². The Labute approximate surface area is 172 Å². The van der Waals surface area contributed by atoms with Gasteiger partial charge in [0.1, 0.15) is 0 Å². The van der Waals surface area contributed by atoms with E-state index in [4.69, 9.17) is 0 Å². The molecule has 1 aromatic rings. The quantitative estimate of drug-likeness (QED) is 0.371. The van der Waals surface area contributed by atoms with Gasteiger partial charge in [-0.2, -0.15) is 0 Å². The van der Waals surface area contributed by atoms with E-state index in [0.29, 0.717) is 10.3 Å². The van der Waals surface area contributed by atoms with E-state index in [1.165, 1.54) is 11.0 Å². The first-order valence-electron chi connectivity index (χ1n) is 8.10. The van der Waals surface area contributed by atoms with Crippen molar-refractivity contribution in [2.24, 2.45) is 0 Å². The summed E-state index contributed by atoms with van der Waals surface area (Å²) in [5.41, 5.74) is 1.27. The molecule has 0 bridgehead atoms. The molecule has 0 radical (unpaired) electrons. The van der Waals surface area contributed by atoms with Crippen molar-refractivity contribution in [1.29, 1.82) is 0 Å². The van der Waals surface area contributed by atoms with E-state index < -0.39 is 0 Å². The summed E-state index contributed by atoms with van der Waals surface area (Å²) in [5.74, 6) is 0. The summed E-state index contributed by atoms with van der Waals surface area (Å²) in [5, 5.41) is 2.19. The number of halogens is 1. The Balaban J connectivity index is -0.000000661. The Morgan fingerprint density at radius 2 is 1.12 bits per heavy atom. The van der Waals surface area contributed by atoms with E-state index in [2.05, 4.69) is 84.8 Å². The van der Waals surface area contributed by atoms with Crippen molar-refractivity contribution in [2.45, 2.75) is 65.7 Å². The molecule has 0 fully saturated rings. The molecule has 0 N–H and O–H groups in total. The van der Waals surface area contributed by atoms with Crippen molar-refractivity contribution in [3.8, 4) is 0 Å². The van der Waals surface area contributed by atoms with E-state index >= 15 is 0 Å². The van der Waals surface area contributed by atoms with Gasteiger partial charge < -0.3 is 17.3 Å². The summed E-state index contributed by atoms with van der Waals surface area (Å²) >= 11 is 0. The molecular formula is C20H36ClNPPd-. The third-order valence-electron chi connectivity index (χ3n) is 3.30. The van der Waals surface area contributed by atoms with Crippen LogP contribution >= 0.6 is 7.92 Å². The standard InChI is InChI=1S/C16H28NP.C4H8.ClH.Pd/c1-15(2,3)18(16(4,5)6)14-11-9-13(10-12-14)17(7)8;1-3-4-2;;/h9-12H,1-8H3;3-4H,1-2H3;1H;/p-1/b;4-3+;;. The predicted octanol–water partition coefficient (Wildman–Crippen LogP) is 3.04. The van der Waals surface area contributed by atoms with Crippen LogP contribution in [0.5, 0.6) is 0 Å². The maximum Gasteiger partial charge on any atom is 0.0361 e. The van der Waals surface area contributed by atoms with Crippen LogP contribution in [0.3, 0.4) is 0 Å². The van der Waals surface area contributed by atoms with Gasteiger partial charge >= 0.3 is 0 Å². The molecule has 1 nitrogen and oxygen atoms in total. The molecular weight excluding hydrogens is 427 g/mol. The normalized spacial score (nSPS) is 11.3. The second kappa shape index (κ2) is 12.5. The molecule has 0 saturated heterocycles. The largest absolute Gasteiger partial charge is 1.00 e. The van der Waals surface area contributed by atoms with Gasteiger partial charge in [0.2, 0.25) is 0 Å². The van der Waals surface area contributed by atoms with Crippen LogP contribution in [-0.2, 0) is 20.4 Å². The second-order valence-corrected chi connectivity index (χ2v) is 11.6. The fourth-order valence-electron chi connectivity index (χ4n) is 2.68. The first-order valence-corrected chi connectivity index (χ1v) is 9.44. The molecule has 144 valence electrons. The molecule has 0 unspecified atom stereocenters. The Bertz CT molecular complexity index is 438. The Morgan fingerprint density at radius 1 is 0.792 bits per heavy atom. The van der Waals surface area contributed by atoms with E-state index in [1.807, 2.05) is 26.0 Å². The number of anilines is 1. The van der Waals surface area contributed by atoms with E-state index in [1.54, 1.807) is 0 Å². The van der Waals surface area contributed by atoms with Crippen molar-refractivity contribution in [2.75, 3.05) is 19.0 Å². The van der Waals surface area contributed by atoms with Gasteiger partial charge in [0, 0.05) is 40.2 Å². The number of allylic oxidation sites excluding steroid dienone is 2. The fraction of sp³-hybridized carbons (Fsp3) is 0.600. The monoisotopic (exact) mass is 462 g/mol. The maximum absolute atomic E-state index is 2.36. The van der Waals surface area contributed by atoms with Crippen molar-refractivity contribution in [3.63, 3.8) is 0 Å². The molecule has 0 aromatic heterocycles. The maximum atomic E-state index is 2.36. The second-order valence-electron chi connectivity index (χ2n) is 7.75. The minimum absolute atomic E-state index is 0. The average molecular weight is 463 g/mol. The Morgan fingerprint density at radius 3 is 1.33 bits per heavy atom. The van der Waals surface area contributed by atoms with Crippen LogP contribution in [0.1, 0.15) is 55.4 Å². The molecule has 24 heavy (non-hydrogen) atoms. The smallest absolute Gasteiger partial charge is 0.0361 e. The van der Waals surface area contributed by atoms with Crippen molar-refractivity contribution in [1.82, 2.24) is 0 Å². The number of hydrogen-bond donors (Lipinski definition) is 0. The predicted molar refractivity (Wildman–Crippen MR) is 107 cm³/mol. The summed E-state index contributed by atoms with van der Waals surface area (Å²) in [6, 6.07) is 9.11. The fourth-order valence-corrected chi connectivity index (χ4v) is 6.69. The summed E-state index contributed by atoms with van der Waals surface area (Å²) < 4.78 is 0. The van der Waals surface area contributed by atoms with Crippen LogP contribution in [-0.4, -0.2) is 24.4 Å². The third-order valence-corrected chi connectivity index (χ3v) is 6.80. The molecule has 0 aliphatic heterocycles. The molecule has 0 aliphatic carbocycles. The van der Waals surface area contributed by atoms with Gasteiger partial charge in [-0.3, -0.25) is 0 Å². The SMILES string of the molecule is C/C=C/C.CN(C)c1ccc(P(C(C)(C)C)C(C)(C)C)cc1.[Cl-].[Pd]. The summed E-state index contributed by atoms with van der Waals surface area (Å²) in [6.07, 6.45) is 4.00. The third kappa shape index (κ3) is 10.2. The number of benzene rings is 1. The molecule has 0 aliphatic rings. The van der Waals surface area contributed by atoms with Gasteiger partial charge in [0.15, 0.2) is 0 Å². The molecule has 0 saturated carbocycles. The Kier molecular flexibility index (Phi) is 15.1. The first-order chi connectivity index (χ1) is 9.95. The topological polar surface area (TPSA) is 3.24 Å². The molecule has 0 atom stereocenters. The average Bonchev–Trinajstić information content (AvgIpc) is 2.36. The summed E-state index contributed by atoms with van der Waals surface area (Å²) in [7, 11) is 3.99. The minimum Gasteiger partial charge on any atom is -1.00 e. The minimum atomic E-state index is -0.188. The molecule has 0 heterocycles. The summed E-state index contributed by atoms with van der Waals surface area (Å²) in [6.45, 7) is 18.2. The number of nitrogens with zero attached hydrogens (tertiary/aromatic N) is 1. The van der Waals surface area contributed by atoms with E-state index in [-0.39, 0.29) is 40.8 Å². The van der Waals surface area contributed by atoms with Crippen molar-refractivity contribution < 1.29 is 32.8 Å². The molecule has 1 aromatic carbocycles. The number of rotatable bonds is 2. The molecule has 0 spiro atoms. The molecule has 4 heteroatoms. The molecule has 0 amide bonds. The van der Waals surface area contributed by atoms with E-state index in [9.17, 15) is 0 Å². The van der Waals surface area contributed by atoms with Crippen molar-refractivity contribution in [3.05, 3.63) is 36.4 Å². The molecule has 1 rings (SSSR count). The zero-order valence-electron chi connectivity index (χ0n) is 17.1. The Hall–Kier alpha value is 0.142. The van der Waals surface area contributed by atoms with Gasteiger partial charge in [-0.25, -0.2) is 0 Å². The van der Waals surface area contributed by atoms with Crippen LogP contribution in [0.4, 0.5) is 5.69 Å². The van der Waals surface area contributed by atoms with Gasteiger partial charge in [-0.15, -0.1) is 0 Å². The van der Waals surface area contributed by atoms with Crippen molar-refractivity contribution >= 4 is 18.9 Å². The van der Waals surface area contributed by atoms with Gasteiger partial charge in [0.25, 0.3) is 0 Å². The van der Waals surface area contributed by atoms with Gasteiger partial charge in [0.05, 0.1) is 0 Å². The van der Waals surface area contributed by atoms with Crippen LogP contribution in [0.25, 0.3) is 0 Å². The van der Waals surface area contributed by atoms with Crippen LogP contribution < -0.4 is 22.6 Å². The van der Waals surface area contributed by atoms with Crippen LogP contribution in [0.2, 0.25) is 0 Å². The zero-order valence-corrected chi connectivity index (χ0v) is 20.3. The van der Waals surface area contributed by atoms with Crippen LogP contribution in [0.15, 0.2) is 36.4 Å². The first kappa shape index (κ1) is 28.9.